The molecule has 0 spiro atoms. The smallest absolute Gasteiger partial charge is 0.191 e. The number of hydrogen-bond donors (Lipinski definition) is 2. The van der Waals surface area contributed by atoms with Gasteiger partial charge in [-0.1, -0.05) is 37.6 Å². The Hall–Kier alpha value is -1.97. The number of unbranched alkanes of at least 4 members (excludes halogenated alkanes) is 1. The van der Waals surface area contributed by atoms with E-state index in [1.807, 2.05) is 7.05 Å². The maximum atomic E-state index is 5.69. The van der Waals surface area contributed by atoms with E-state index in [-0.39, 0.29) is 0 Å². The molecular weight excluding hydrogens is 286 g/mol. The van der Waals surface area contributed by atoms with Gasteiger partial charge in [-0.2, -0.15) is 0 Å². The van der Waals surface area contributed by atoms with Gasteiger partial charge in [0.25, 0.3) is 0 Å². The Balaban J connectivity index is 1.68. The van der Waals surface area contributed by atoms with E-state index >= 15 is 0 Å². The predicted octanol–water partition coefficient (Wildman–Crippen LogP) is 3.29. The molecule has 1 aromatic carbocycles. The summed E-state index contributed by atoms with van der Waals surface area (Å²) >= 11 is 0. The molecule has 1 aliphatic carbocycles. The van der Waals surface area contributed by atoms with Gasteiger partial charge < -0.3 is 15.4 Å². The number of hydrogen-bond acceptors (Lipinski definition) is 2. The number of aliphatic imine (C=N–C) groups is 1. The average molecular weight is 315 g/mol. The highest BCUT2D eigenvalue weighted by Crippen LogP contribution is 2.13. The normalized spacial score (nSPS) is 15.0. The summed E-state index contributed by atoms with van der Waals surface area (Å²) < 4.78 is 5.69. The Morgan fingerprint density at radius 1 is 1.22 bits per heavy atom. The Morgan fingerprint density at radius 2 is 1.96 bits per heavy atom. The summed E-state index contributed by atoms with van der Waals surface area (Å²) in [7, 11) is 1.82. The maximum absolute atomic E-state index is 5.69. The van der Waals surface area contributed by atoms with Crippen LogP contribution in [0.4, 0.5) is 0 Å². The molecule has 0 saturated carbocycles. The first-order valence-electron chi connectivity index (χ1n) is 8.65. The van der Waals surface area contributed by atoms with Crippen molar-refractivity contribution in [3.63, 3.8) is 0 Å². The van der Waals surface area contributed by atoms with Crippen molar-refractivity contribution in [1.82, 2.24) is 10.6 Å². The minimum atomic E-state index is 0.487. The first kappa shape index (κ1) is 17.4. The maximum Gasteiger partial charge on any atom is 0.191 e. The molecule has 0 bridgehead atoms. The van der Waals surface area contributed by atoms with Crippen LogP contribution in [0.15, 0.2) is 41.4 Å². The largest absolute Gasteiger partial charge is 0.494 e. The van der Waals surface area contributed by atoms with E-state index in [1.54, 1.807) is 0 Å². The Labute approximate surface area is 140 Å². The number of nitrogens with one attached hydrogen (secondary N) is 2. The van der Waals surface area contributed by atoms with Crippen molar-refractivity contribution in [3.05, 3.63) is 42.0 Å². The van der Waals surface area contributed by atoms with Crippen LogP contribution < -0.4 is 15.4 Å². The molecule has 0 fully saturated rings. The molecule has 2 rings (SSSR count). The molecule has 0 aromatic heterocycles. The van der Waals surface area contributed by atoms with E-state index in [0.29, 0.717) is 6.04 Å². The number of benzene rings is 1. The zero-order valence-corrected chi connectivity index (χ0v) is 14.3. The van der Waals surface area contributed by atoms with Crippen LogP contribution in [0.25, 0.3) is 0 Å². The first-order valence-corrected chi connectivity index (χ1v) is 8.65. The summed E-state index contributed by atoms with van der Waals surface area (Å²) in [5, 5.41) is 6.83. The molecule has 1 aliphatic rings. The summed E-state index contributed by atoms with van der Waals surface area (Å²) in [4.78, 5) is 4.29. The fourth-order valence-electron chi connectivity index (χ4n) is 2.53. The van der Waals surface area contributed by atoms with Gasteiger partial charge in [-0.15, -0.1) is 0 Å². The molecule has 0 aliphatic heterocycles. The molecule has 2 N–H and O–H groups in total. The summed E-state index contributed by atoms with van der Waals surface area (Å²) in [6.07, 6.45) is 9.84. The highest BCUT2D eigenvalue weighted by atomic mass is 16.5. The average Bonchev–Trinajstić information content (AvgIpc) is 3.08. The van der Waals surface area contributed by atoms with Crippen LogP contribution in [0.3, 0.4) is 0 Å². The molecule has 1 aromatic rings. The molecule has 4 heteroatoms. The second kappa shape index (κ2) is 9.93. The van der Waals surface area contributed by atoms with Gasteiger partial charge >= 0.3 is 0 Å². The van der Waals surface area contributed by atoms with Crippen LogP contribution in [-0.2, 0) is 6.42 Å². The summed E-state index contributed by atoms with van der Waals surface area (Å²) in [6, 6.07) is 8.88. The van der Waals surface area contributed by atoms with Gasteiger partial charge in [0.2, 0.25) is 0 Å². The lowest BCUT2D eigenvalue weighted by atomic mass is 10.1. The van der Waals surface area contributed by atoms with Crippen molar-refractivity contribution in [2.45, 2.75) is 45.1 Å². The predicted molar refractivity (Wildman–Crippen MR) is 97.2 cm³/mol. The number of nitrogens with zero attached hydrogens (tertiary/aromatic N) is 1. The van der Waals surface area contributed by atoms with Crippen LogP contribution in [0, 0.1) is 0 Å². The van der Waals surface area contributed by atoms with Gasteiger partial charge in [0.15, 0.2) is 5.96 Å². The zero-order chi connectivity index (χ0) is 16.3. The van der Waals surface area contributed by atoms with Crippen LogP contribution in [0.1, 0.15) is 38.2 Å². The Bertz CT molecular complexity index is 500. The lowest BCUT2D eigenvalue weighted by Crippen LogP contribution is -2.43. The first-order chi connectivity index (χ1) is 11.3. The van der Waals surface area contributed by atoms with Gasteiger partial charge in [-0.3, -0.25) is 4.99 Å². The molecule has 0 atom stereocenters. The van der Waals surface area contributed by atoms with E-state index in [0.717, 1.165) is 57.0 Å². The number of guanidine groups is 1. The highest BCUT2D eigenvalue weighted by molar-refractivity contribution is 5.80. The quantitative estimate of drug-likeness (QED) is 0.335. The van der Waals surface area contributed by atoms with Gasteiger partial charge in [0.05, 0.1) is 6.61 Å². The van der Waals surface area contributed by atoms with Crippen molar-refractivity contribution in [3.8, 4) is 5.75 Å². The lowest BCUT2D eigenvalue weighted by Gasteiger charge is -2.16. The van der Waals surface area contributed by atoms with E-state index in [9.17, 15) is 0 Å². The summed E-state index contributed by atoms with van der Waals surface area (Å²) in [5.41, 5.74) is 1.30. The van der Waals surface area contributed by atoms with Crippen molar-refractivity contribution in [2.24, 2.45) is 4.99 Å². The zero-order valence-electron chi connectivity index (χ0n) is 14.3. The molecule has 0 heterocycles. The molecule has 23 heavy (non-hydrogen) atoms. The minimum Gasteiger partial charge on any atom is -0.494 e. The number of rotatable bonds is 8. The summed E-state index contributed by atoms with van der Waals surface area (Å²) in [5.74, 6) is 1.85. The number of ether oxygens (including phenoxy) is 1. The molecule has 4 nitrogen and oxygen atoms in total. The van der Waals surface area contributed by atoms with E-state index in [2.05, 4.69) is 59.0 Å². The van der Waals surface area contributed by atoms with Crippen molar-refractivity contribution >= 4 is 5.96 Å². The standard InChI is InChI=1S/C19H29N3O/c1-3-4-15-23-18-11-9-16(10-12-18)13-14-21-19(20-2)22-17-7-5-6-8-17/h5-6,9-12,17H,3-4,7-8,13-15H2,1-2H3,(H2,20,21,22). The van der Waals surface area contributed by atoms with Crippen LogP contribution in [0.5, 0.6) is 5.75 Å². The topological polar surface area (TPSA) is 45.6 Å². The fraction of sp³-hybridized carbons (Fsp3) is 0.526. The van der Waals surface area contributed by atoms with Crippen molar-refractivity contribution < 1.29 is 4.74 Å². The minimum absolute atomic E-state index is 0.487. The van der Waals surface area contributed by atoms with Crippen molar-refractivity contribution in [2.75, 3.05) is 20.2 Å². The van der Waals surface area contributed by atoms with Gasteiger partial charge in [-0.25, -0.2) is 0 Å². The monoisotopic (exact) mass is 315 g/mol. The van der Waals surface area contributed by atoms with E-state index in [4.69, 9.17) is 4.74 Å². The molecule has 0 unspecified atom stereocenters. The van der Waals surface area contributed by atoms with Crippen LogP contribution >= 0.6 is 0 Å². The lowest BCUT2D eigenvalue weighted by molar-refractivity contribution is 0.309. The second-order valence-corrected chi connectivity index (χ2v) is 5.88. The van der Waals surface area contributed by atoms with Crippen molar-refractivity contribution in [1.29, 1.82) is 0 Å². The van der Waals surface area contributed by atoms with E-state index in [1.165, 1.54) is 5.56 Å². The highest BCUT2D eigenvalue weighted by Gasteiger charge is 2.11. The second-order valence-electron chi connectivity index (χ2n) is 5.88. The van der Waals surface area contributed by atoms with Gasteiger partial charge in [0, 0.05) is 19.6 Å². The third-order valence-corrected chi connectivity index (χ3v) is 3.97. The van der Waals surface area contributed by atoms with Gasteiger partial charge in [0.1, 0.15) is 5.75 Å². The SMILES string of the molecule is CCCCOc1ccc(CCNC(=NC)NC2CC=CC2)cc1. The third kappa shape index (κ3) is 6.35. The van der Waals surface area contributed by atoms with E-state index < -0.39 is 0 Å². The summed E-state index contributed by atoms with van der Waals surface area (Å²) in [6.45, 7) is 3.84. The fourth-order valence-corrected chi connectivity index (χ4v) is 2.53. The molecular formula is C19H29N3O. The molecule has 0 saturated heterocycles. The molecule has 0 radical (unpaired) electrons. The van der Waals surface area contributed by atoms with Gasteiger partial charge in [-0.05, 0) is 43.4 Å². The molecule has 0 amide bonds. The van der Waals surface area contributed by atoms with Crippen LogP contribution in [0.2, 0.25) is 0 Å². The molecule has 126 valence electrons. The van der Waals surface area contributed by atoms with Crippen LogP contribution in [-0.4, -0.2) is 32.2 Å². The Morgan fingerprint density at radius 3 is 2.61 bits per heavy atom. The Kier molecular flexibility index (Phi) is 7.50. The third-order valence-electron chi connectivity index (χ3n) is 3.97.